The molecule has 0 unspecified atom stereocenters. The first-order chi connectivity index (χ1) is 7.93. The molecule has 88 valence electrons. The Bertz CT molecular complexity index is 638. The highest BCUT2D eigenvalue weighted by Crippen LogP contribution is 2.22. The first kappa shape index (κ1) is 10.7. The number of nitrogens with zero attached hydrogens (tertiary/aromatic N) is 2. The van der Waals surface area contributed by atoms with Gasteiger partial charge in [-0.25, -0.2) is 14.4 Å². The second-order valence-electron chi connectivity index (χ2n) is 3.20. The van der Waals surface area contributed by atoms with Gasteiger partial charge in [-0.05, 0) is 6.07 Å². The first-order valence-corrected chi connectivity index (χ1v) is 4.35. The lowest BCUT2D eigenvalue weighted by molar-refractivity contribution is 0.0698. The van der Waals surface area contributed by atoms with Crippen molar-refractivity contribution in [1.82, 2.24) is 9.13 Å². The summed E-state index contributed by atoms with van der Waals surface area (Å²) in [6.45, 7) is 0. The van der Waals surface area contributed by atoms with Crippen LogP contribution in [-0.4, -0.2) is 42.6 Å². The molecule has 0 saturated carbocycles. The van der Waals surface area contributed by atoms with Crippen molar-refractivity contribution in [2.75, 3.05) is 0 Å². The minimum absolute atomic E-state index is 0.0114. The molecule has 0 aliphatic carbocycles. The lowest BCUT2D eigenvalue weighted by atomic mass is 10.3. The Balaban J connectivity index is 2.89. The average Bonchev–Trinajstić information content (AvgIpc) is 2.73. The molecule has 0 fully saturated rings. The summed E-state index contributed by atoms with van der Waals surface area (Å²) < 4.78 is 1.33. The number of carbonyl (C=O) groups is 3. The van der Waals surface area contributed by atoms with Crippen LogP contribution in [-0.2, 0) is 0 Å². The molecule has 8 nitrogen and oxygen atoms in total. The molecule has 8 heteroatoms. The van der Waals surface area contributed by atoms with Gasteiger partial charge in [-0.15, -0.1) is 0 Å². The Hall–Kier alpha value is -2.77. The van der Waals surface area contributed by atoms with E-state index in [0.717, 1.165) is 12.4 Å². The van der Waals surface area contributed by atoms with Gasteiger partial charge in [0.1, 0.15) is 5.56 Å². The summed E-state index contributed by atoms with van der Waals surface area (Å²) in [5.41, 5.74) is -0.528. The van der Waals surface area contributed by atoms with Gasteiger partial charge < -0.3 is 15.3 Å². The fourth-order valence-electron chi connectivity index (χ4n) is 1.62. The summed E-state index contributed by atoms with van der Waals surface area (Å²) >= 11 is 0. The summed E-state index contributed by atoms with van der Waals surface area (Å²) in [6, 6.07) is 1.23. The number of carboxylic acids is 1. The van der Waals surface area contributed by atoms with Crippen LogP contribution in [0.5, 0.6) is 0 Å². The fraction of sp³-hybridized carbons (Fsp3) is 0. The molecule has 0 bridgehead atoms. The lowest BCUT2D eigenvalue weighted by Gasteiger charge is -1.95. The predicted molar refractivity (Wildman–Crippen MR) is 53.7 cm³/mol. The molecule has 0 saturated heterocycles. The van der Waals surface area contributed by atoms with E-state index in [1.54, 1.807) is 0 Å². The SMILES string of the molecule is O=C(O)c1cn(C(=O)O)c2ccn(C(=O)O)c12. The molecule has 0 atom stereocenters. The van der Waals surface area contributed by atoms with Crippen LogP contribution in [0.1, 0.15) is 10.4 Å². The van der Waals surface area contributed by atoms with Crippen molar-refractivity contribution in [3.05, 3.63) is 24.0 Å². The third kappa shape index (κ3) is 1.42. The number of aromatic nitrogens is 2. The van der Waals surface area contributed by atoms with E-state index in [2.05, 4.69) is 0 Å². The van der Waals surface area contributed by atoms with E-state index in [1.165, 1.54) is 6.07 Å². The van der Waals surface area contributed by atoms with Crippen LogP contribution in [0.15, 0.2) is 18.5 Å². The molecule has 0 spiro atoms. The van der Waals surface area contributed by atoms with Crippen molar-refractivity contribution in [2.24, 2.45) is 0 Å². The molecule has 2 heterocycles. The van der Waals surface area contributed by atoms with Gasteiger partial charge in [0.2, 0.25) is 0 Å². The smallest absolute Gasteiger partial charge is 0.416 e. The highest BCUT2D eigenvalue weighted by atomic mass is 16.4. The second-order valence-corrected chi connectivity index (χ2v) is 3.20. The van der Waals surface area contributed by atoms with Crippen LogP contribution in [0.2, 0.25) is 0 Å². The molecule has 0 aliphatic heterocycles. The van der Waals surface area contributed by atoms with Gasteiger partial charge in [-0.3, -0.25) is 9.13 Å². The topological polar surface area (TPSA) is 122 Å². The molecule has 2 rings (SSSR count). The minimum atomic E-state index is -1.39. The Morgan fingerprint density at radius 1 is 1.00 bits per heavy atom. The maximum Gasteiger partial charge on any atom is 0.416 e. The molecule has 0 radical (unpaired) electrons. The van der Waals surface area contributed by atoms with Gasteiger partial charge in [0, 0.05) is 12.4 Å². The monoisotopic (exact) mass is 238 g/mol. The van der Waals surface area contributed by atoms with Crippen molar-refractivity contribution in [1.29, 1.82) is 0 Å². The van der Waals surface area contributed by atoms with E-state index >= 15 is 0 Å². The van der Waals surface area contributed by atoms with Gasteiger partial charge >= 0.3 is 18.2 Å². The Labute approximate surface area is 92.9 Å². The van der Waals surface area contributed by atoms with Gasteiger partial charge in [0.15, 0.2) is 0 Å². The summed E-state index contributed by atoms with van der Waals surface area (Å²) in [7, 11) is 0. The van der Waals surface area contributed by atoms with Crippen molar-refractivity contribution in [2.45, 2.75) is 0 Å². The number of rotatable bonds is 1. The van der Waals surface area contributed by atoms with E-state index in [9.17, 15) is 14.4 Å². The standard InChI is InChI=1S/C9H6N2O6/c12-7(13)4-3-11(9(16)17)5-1-2-10(6(4)5)8(14)15/h1-3H,(H,12,13)(H,14,15)(H,16,17). The highest BCUT2D eigenvalue weighted by Gasteiger charge is 2.22. The molecule has 0 amide bonds. The molecular formula is C9H6N2O6. The molecule has 0 aromatic carbocycles. The van der Waals surface area contributed by atoms with Crippen molar-refractivity contribution >= 4 is 29.2 Å². The third-order valence-corrected chi connectivity index (χ3v) is 2.28. The van der Waals surface area contributed by atoms with Gasteiger partial charge in [0.05, 0.1) is 11.0 Å². The van der Waals surface area contributed by atoms with Crippen LogP contribution < -0.4 is 0 Å². The first-order valence-electron chi connectivity index (χ1n) is 4.35. The molecule has 17 heavy (non-hydrogen) atoms. The summed E-state index contributed by atoms with van der Waals surface area (Å²) in [6.07, 6.45) is -0.801. The Morgan fingerprint density at radius 3 is 2.06 bits per heavy atom. The minimum Gasteiger partial charge on any atom is -0.478 e. The zero-order chi connectivity index (χ0) is 12.7. The van der Waals surface area contributed by atoms with Crippen molar-refractivity contribution in [3.8, 4) is 0 Å². The van der Waals surface area contributed by atoms with Gasteiger partial charge in [0.25, 0.3) is 0 Å². The van der Waals surface area contributed by atoms with Crippen LogP contribution in [0, 0.1) is 0 Å². The van der Waals surface area contributed by atoms with Crippen LogP contribution in [0.3, 0.4) is 0 Å². The van der Waals surface area contributed by atoms with Gasteiger partial charge in [-0.1, -0.05) is 0 Å². The number of hydrogen-bond acceptors (Lipinski definition) is 3. The summed E-state index contributed by atoms with van der Waals surface area (Å²) in [5.74, 6) is -1.39. The van der Waals surface area contributed by atoms with Crippen LogP contribution in [0.4, 0.5) is 9.59 Å². The number of aromatic carboxylic acids is 1. The lowest BCUT2D eigenvalue weighted by Crippen LogP contribution is -2.08. The zero-order valence-electron chi connectivity index (χ0n) is 8.19. The Kier molecular flexibility index (Phi) is 2.13. The van der Waals surface area contributed by atoms with Crippen molar-refractivity contribution in [3.63, 3.8) is 0 Å². The summed E-state index contributed by atoms with van der Waals surface area (Å²) in [4.78, 5) is 32.6. The van der Waals surface area contributed by atoms with Crippen molar-refractivity contribution < 1.29 is 29.7 Å². The molecular weight excluding hydrogens is 232 g/mol. The zero-order valence-corrected chi connectivity index (χ0v) is 8.19. The molecule has 3 N–H and O–H groups in total. The van der Waals surface area contributed by atoms with Gasteiger partial charge in [-0.2, -0.15) is 0 Å². The van der Waals surface area contributed by atoms with Crippen LogP contribution in [0.25, 0.3) is 11.0 Å². The molecule has 0 aliphatic rings. The average molecular weight is 238 g/mol. The number of fused-ring (bicyclic) bond motifs is 1. The second kappa shape index (κ2) is 3.37. The van der Waals surface area contributed by atoms with E-state index in [4.69, 9.17) is 15.3 Å². The quantitative estimate of drug-likeness (QED) is 0.685. The highest BCUT2D eigenvalue weighted by molar-refractivity contribution is 6.06. The summed E-state index contributed by atoms with van der Waals surface area (Å²) in [5, 5.41) is 26.6. The third-order valence-electron chi connectivity index (χ3n) is 2.28. The fourth-order valence-corrected chi connectivity index (χ4v) is 1.62. The van der Waals surface area contributed by atoms with E-state index < -0.39 is 18.2 Å². The maximum atomic E-state index is 10.9. The molecule has 2 aromatic rings. The number of hydrogen-bond donors (Lipinski definition) is 3. The largest absolute Gasteiger partial charge is 0.478 e. The predicted octanol–water partition coefficient (Wildman–Crippen LogP) is 1.19. The number of carboxylic acid groups (broad SMARTS) is 3. The van der Waals surface area contributed by atoms with Crippen LogP contribution >= 0.6 is 0 Å². The van der Waals surface area contributed by atoms with E-state index in [1.807, 2.05) is 0 Å². The maximum absolute atomic E-state index is 10.9. The van der Waals surface area contributed by atoms with E-state index in [0.29, 0.717) is 9.13 Å². The molecule has 2 aromatic heterocycles. The van der Waals surface area contributed by atoms with E-state index in [-0.39, 0.29) is 16.6 Å². The Morgan fingerprint density at radius 2 is 1.59 bits per heavy atom. The normalized spacial score (nSPS) is 10.6.